The van der Waals surface area contributed by atoms with Gasteiger partial charge in [0, 0.05) is 32.3 Å². The second-order valence-electron chi connectivity index (χ2n) is 15.3. The van der Waals surface area contributed by atoms with E-state index < -0.39 is 0 Å². The first-order valence-electron chi connectivity index (χ1n) is 19.5. The third-order valence-corrected chi connectivity index (χ3v) is 12.9. The van der Waals surface area contributed by atoms with E-state index in [1.165, 1.54) is 66.4 Å². The minimum Gasteiger partial charge on any atom is -0.294 e. The Morgan fingerprint density at radius 1 is 0.474 bits per heavy atom. The van der Waals surface area contributed by atoms with Gasteiger partial charge in [-0.1, -0.05) is 72.4 Å². The van der Waals surface area contributed by atoms with Crippen LogP contribution < -0.4 is 0 Å². The molecule has 280 valence electrons. The van der Waals surface area contributed by atoms with E-state index in [2.05, 4.69) is 163 Å². The predicted molar refractivity (Wildman–Crippen MR) is 238 cm³/mol. The molecule has 3 heterocycles. The third kappa shape index (κ3) is 6.34. The van der Waals surface area contributed by atoms with Gasteiger partial charge in [0.2, 0.25) is 0 Å². The number of pyridine rings is 1. The molecule has 9 rings (SSSR count). The van der Waals surface area contributed by atoms with E-state index in [-0.39, 0.29) is 0 Å². The Labute approximate surface area is 339 Å². The number of benzene rings is 6. The molecule has 0 spiro atoms. The van der Waals surface area contributed by atoms with Crippen molar-refractivity contribution in [3.8, 4) is 45.1 Å². The van der Waals surface area contributed by atoms with Crippen LogP contribution in [0.25, 0.3) is 67.0 Å². The number of aromatic nitrogens is 5. The Morgan fingerprint density at radius 2 is 1.14 bits per heavy atom. The Balaban J connectivity index is 1.18. The summed E-state index contributed by atoms with van der Waals surface area (Å²) in [5.74, 6) is 1.60. The van der Waals surface area contributed by atoms with Crippen LogP contribution in [-0.2, 0) is 0 Å². The maximum Gasteiger partial charge on any atom is 0.181 e. The zero-order chi connectivity index (χ0) is 39.5. The van der Waals surface area contributed by atoms with Crippen LogP contribution in [0.1, 0.15) is 44.5 Å². The summed E-state index contributed by atoms with van der Waals surface area (Å²) >= 11 is 1.76. The fraction of sp³-hybridized carbons (Fsp3) is 0.157. The fourth-order valence-corrected chi connectivity index (χ4v) is 9.51. The number of aryl methyl sites for hydroxylation is 3. The molecule has 0 bridgehead atoms. The van der Waals surface area contributed by atoms with E-state index in [0.717, 1.165) is 49.0 Å². The Morgan fingerprint density at radius 3 is 1.91 bits per heavy atom. The Hall–Kier alpha value is -6.24. The summed E-state index contributed by atoms with van der Waals surface area (Å²) in [7, 11) is 0. The maximum atomic E-state index is 5.02. The average Bonchev–Trinajstić information content (AvgIpc) is 3.83. The van der Waals surface area contributed by atoms with Gasteiger partial charge < -0.3 is 0 Å². The molecule has 3 aromatic heterocycles. The van der Waals surface area contributed by atoms with Crippen LogP contribution in [0.15, 0.2) is 138 Å². The molecular formula is C51H45N5S. The van der Waals surface area contributed by atoms with Gasteiger partial charge in [-0.3, -0.25) is 4.57 Å². The molecule has 0 N–H and O–H groups in total. The molecule has 5 nitrogen and oxygen atoms in total. The van der Waals surface area contributed by atoms with E-state index in [0.29, 0.717) is 5.82 Å². The zero-order valence-electron chi connectivity index (χ0n) is 33.8. The van der Waals surface area contributed by atoms with E-state index in [4.69, 9.17) is 15.1 Å². The first-order valence-corrected chi connectivity index (χ1v) is 20.3. The number of hydrogen-bond donors (Lipinski definition) is 0. The highest BCUT2D eigenvalue weighted by Gasteiger charge is 2.19. The summed E-state index contributed by atoms with van der Waals surface area (Å²) in [6.07, 6.45) is 3.78. The molecule has 0 fully saturated rings. The van der Waals surface area contributed by atoms with Gasteiger partial charge in [-0.25, -0.2) is 14.6 Å². The lowest BCUT2D eigenvalue weighted by Crippen LogP contribution is -2.02. The molecule has 9 aromatic rings. The predicted octanol–water partition coefficient (Wildman–Crippen LogP) is 13.4. The van der Waals surface area contributed by atoms with Gasteiger partial charge in [0.25, 0.3) is 0 Å². The second-order valence-corrected chi connectivity index (χ2v) is 16.5. The van der Waals surface area contributed by atoms with Crippen molar-refractivity contribution < 1.29 is 0 Å². The van der Waals surface area contributed by atoms with Crippen LogP contribution in [-0.4, -0.2) is 24.3 Å². The second kappa shape index (κ2) is 14.4. The molecular weight excluding hydrogens is 715 g/mol. The monoisotopic (exact) mass is 759 g/mol. The zero-order valence-corrected chi connectivity index (χ0v) is 34.6. The van der Waals surface area contributed by atoms with Gasteiger partial charge in [0.15, 0.2) is 5.82 Å². The molecule has 0 saturated heterocycles. The average molecular weight is 760 g/mol. The van der Waals surface area contributed by atoms with Gasteiger partial charge in [-0.15, -0.1) is 5.10 Å². The third-order valence-electron chi connectivity index (χ3n) is 11.9. The SMILES string of the molecule is Cc1ccccc1-n1cnc(-c2cc(Sc3ccc4c5ccccc5n(-c5cc(-c6c(C)c(C)c(C)c(C)c6C)ccn5)c4c3)cc(-c3c(C)cccc3C)c2)n1. The summed E-state index contributed by atoms with van der Waals surface area (Å²) in [5, 5.41) is 7.40. The van der Waals surface area contributed by atoms with Crippen LogP contribution in [0.5, 0.6) is 0 Å². The van der Waals surface area contributed by atoms with Gasteiger partial charge in [-0.2, -0.15) is 0 Å². The molecule has 0 radical (unpaired) electrons. The van der Waals surface area contributed by atoms with Crippen molar-refractivity contribution in [3.63, 3.8) is 0 Å². The van der Waals surface area contributed by atoms with E-state index in [9.17, 15) is 0 Å². The molecule has 57 heavy (non-hydrogen) atoms. The summed E-state index contributed by atoms with van der Waals surface area (Å²) in [6, 6.07) is 41.4. The van der Waals surface area contributed by atoms with Crippen LogP contribution >= 0.6 is 11.8 Å². The maximum absolute atomic E-state index is 5.02. The van der Waals surface area contributed by atoms with Gasteiger partial charge in [0.05, 0.1) is 16.7 Å². The van der Waals surface area contributed by atoms with Crippen molar-refractivity contribution in [2.75, 3.05) is 0 Å². The molecule has 0 atom stereocenters. The number of para-hydroxylation sites is 2. The number of nitrogens with zero attached hydrogens (tertiary/aromatic N) is 5. The number of rotatable bonds is 7. The van der Waals surface area contributed by atoms with E-state index in [1.54, 1.807) is 11.8 Å². The topological polar surface area (TPSA) is 48.5 Å². The lowest BCUT2D eigenvalue weighted by Gasteiger charge is -2.19. The Bertz CT molecular complexity index is 2990. The van der Waals surface area contributed by atoms with Gasteiger partial charge in [-0.05, 0) is 177 Å². The first kappa shape index (κ1) is 36.4. The molecule has 0 amide bonds. The van der Waals surface area contributed by atoms with Crippen molar-refractivity contribution in [3.05, 3.63) is 172 Å². The molecule has 6 heteroatoms. The molecule has 0 aliphatic carbocycles. The highest BCUT2D eigenvalue weighted by molar-refractivity contribution is 7.99. The van der Waals surface area contributed by atoms with Crippen molar-refractivity contribution in [1.29, 1.82) is 0 Å². The highest BCUT2D eigenvalue weighted by atomic mass is 32.2. The Kier molecular flexibility index (Phi) is 9.17. The molecule has 6 aromatic carbocycles. The quantitative estimate of drug-likeness (QED) is 0.162. The van der Waals surface area contributed by atoms with E-state index in [1.807, 2.05) is 29.3 Å². The van der Waals surface area contributed by atoms with Crippen molar-refractivity contribution >= 4 is 33.6 Å². The highest BCUT2D eigenvalue weighted by Crippen LogP contribution is 2.41. The number of hydrogen-bond acceptors (Lipinski definition) is 4. The van der Waals surface area contributed by atoms with Crippen molar-refractivity contribution in [2.45, 2.75) is 65.2 Å². The summed E-state index contributed by atoms with van der Waals surface area (Å²) in [4.78, 5) is 12.1. The lowest BCUT2D eigenvalue weighted by molar-refractivity contribution is 0.874. The summed E-state index contributed by atoms with van der Waals surface area (Å²) in [6.45, 7) is 17.7. The molecule has 0 saturated carbocycles. The minimum absolute atomic E-state index is 0.694. The van der Waals surface area contributed by atoms with Crippen LogP contribution in [0.2, 0.25) is 0 Å². The largest absolute Gasteiger partial charge is 0.294 e. The minimum atomic E-state index is 0.694. The summed E-state index contributed by atoms with van der Waals surface area (Å²) in [5.41, 5.74) is 19.5. The molecule has 0 unspecified atom stereocenters. The van der Waals surface area contributed by atoms with Crippen LogP contribution in [0.4, 0.5) is 0 Å². The smallest absolute Gasteiger partial charge is 0.181 e. The summed E-state index contributed by atoms with van der Waals surface area (Å²) < 4.78 is 4.21. The standard InChI is InChI=1S/C51H45N5S/c1-30-14-9-11-18-45(30)55-29-53-51(54-55)40-24-39(49-31(2)15-13-16-32(49)3)25-42(26-40)57-41-20-21-44-43-17-10-12-19-46(43)56(47(44)28-41)48-27-38(22-23-52-48)50-36(7)34(5)33(4)35(6)37(50)8/h9-29H,1-8H3. The number of fused-ring (bicyclic) bond motifs is 3. The van der Waals surface area contributed by atoms with Crippen LogP contribution in [0.3, 0.4) is 0 Å². The molecule has 0 aliphatic heterocycles. The van der Waals surface area contributed by atoms with Crippen LogP contribution in [0, 0.1) is 55.4 Å². The lowest BCUT2D eigenvalue weighted by atomic mass is 9.86. The van der Waals surface area contributed by atoms with Gasteiger partial charge >= 0.3 is 0 Å². The van der Waals surface area contributed by atoms with Crippen molar-refractivity contribution in [1.82, 2.24) is 24.3 Å². The first-order chi connectivity index (χ1) is 27.6. The normalized spacial score (nSPS) is 11.6. The fourth-order valence-electron chi connectivity index (χ4n) is 8.56. The van der Waals surface area contributed by atoms with Gasteiger partial charge in [0.1, 0.15) is 12.1 Å². The van der Waals surface area contributed by atoms with E-state index >= 15 is 0 Å². The van der Waals surface area contributed by atoms with Crippen molar-refractivity contribution in [2.24, 2.45) is 0 Å². The molecule has 0 aliphatic rings.